The molecule has 2 unspecified atom stereocenters. The zero-order valence-corrected chi connectivity index (χ0v) is 10.5. The summed E-state index contributed by atoms with van der Waals surface area (Å²) in [6.45, 7) is 5.56. The molecule has 0 fully saturated rings. The highest BCUT2D eigenvalue weighted by molar-refractivity contribution is 5.95. The summed E-state index contributed by atoms with van der Waals surface area (Å²) in [6, 6.07) is 0. The molecule has 100 valence electrons. The van der Waals surface area contributed by atoms with E-state index >= 15 is 0 Å². The van der Waals surface area contributed by atoms with E-state index in [-0.39, 0.29) is 19.8 Å². The minimum atomic E-state index is -1.54. The molecule has 0 aromatic rings. The fourth-order valence-corrected chi connectivity index (χ4v) is 1.12. The number of aliphatic hydroxyl groups excluding tert-OH is 1. The molecule has 0 bridgehead atoms. The molecule has 17 heavy (non-hydrogen) atoms. The topological polar surface area (TPSA) is 82.1 Å². The second kappa shape index (κ2) is 8.95. The van der Waals surface area contributed by atoms with E-state index in [1.807, 2.05) is 6.92 Å². The van der Waals surface area contributed by atoms with Crippen molar-refractivity contribution in [2.75, 3.05) is 19.8 Å². The van der Waals surface area contributed by atoms with Crippen molar-refractivity contribution in [2.24, 2.45) is 5.92 Å². The van der Waals surface area contributed by atoms with Crippen LogP contribution in [0.5, 0.6) is 0 Å². The molecule has 6 heteroatoms. The number of esters is 2. The summed E-state index contributed by atoms with van der Waals surface area (Å²) in [5.41, 5.74) is 0. The number of hydrogen-bond acceptors (Lipinski definition) is 6. The molecule has 0 heterocycles. The largest absolute Gasteiger partial charge is 0.465 e. The number of hydrogen-bond donors (Lipinski definition) is 1. The molecule has 0 amide bonds. The lowest BCUT2D eigenvalue weighted by molar-refractivity contribution is -0.188. The molecule has 0 aliphatic carbocycles. The number of carbonyl (C=O) groups excluding carboxylic acids is 2. The maximum atomic E-state index is 11.6. The Morgan fingerprint density at radius 1 is 1.06 bits per heavy atom. The molecule has 0 saturated heterocycles. The van der Waals surface area contributed by atoms with E-state index in [0.29, 0.717) is 6.42 Å². The first kappa shape index (κ1) is 15.9. The zero-order chi connectivity index (χ0) is 13.3. The fraction of sp³-hybridized carbons (Fsp3) is 0.818. The molecule has 0 spiro atoms. The quantitative estimate of drug-likeness (QED) is 0.382. The fourth-order valence-electron chi connectivity index (χ4n) is 1.12. The smallest absolute Gasteiger partial charge is 0.325 e. The molecular weight excluding hydrogens is 228 g/mol. The standard InChI is InChI=1S/C11H20O6/c1-4-7-17-11(14)8(9(12)15-5-2)10(13)16-6-3/h8-9,12H,4-7H2,1-3H3. The average Bonchev–Trinajstić information content (AvgIpc) is 2.27. The lowest BCUT2D eigenvalue weighted by Gasteiger charge is -2.19. The highest BCUT2D eigenvalue weighted by Crippen LogP contribution is 2.11. The van der Waals surface area contributed by atoms with Crippen LogP contribution in [0.15, 0.2) is 0 Å². The number of carbonyl (C=O) groups is 2. The minimum absolute atomic E-state index is 0.120. The van der Waals surface area contributed by atoms with Gasteiger partial charge in [-0.3, -0.25) is 9.59 Å². The highest BCUT2D eigenvalue weighted by atomic mass is 16.6. The first-order valence-electron chi connectivity index (χ1n) is 5.71. The van der Waals surface area contributed by atoms with Gasteiger partial charge in [-0.25, -0.2) is 0 Å². The van der Waals surface area contributed by atoms with Gasteiger partial charge in [-0.1, -0.05) is 6.92 Å². The van der Waals surface area contributed by atoms with Crippen LogP contribution in [0.25, 0.3) is 0 Å². The first-order valence-corrected chi connectivity index (χ1v) is 5.71. The van der Waals surface area contributed by atoms with E-state index in [2.05, 4.69) is 0 Å². The Kier molecular flexibility index (Phi) is 8.35. The third-order valence-corrected chi connectivity index (χ3v) is 1.87. The molecule has 0 radical (unpaired) electrons. The lowest BCUT2D eigenvalue weighted by atomic mass is 10.1. The maximum absolute atomic E-state index is 11.6. The molecule has 0 aliphatic rings. The van der Waals surface area contributed by atoms with Crippen molar-refractivity contribution < 1.29 is 28.9 Å². The molecule has 0 aromatic carbocycles. The normalized spacial score (nSPS) is 13.9. The van der Waals surface area contributed by atoms with Crippen molar-refractivity contribution in [2.45, 2.75) is 33.5 Å². The van der Waals surface area contributed by atoms with E-state index in [1.54, 1.807) is 13.8 Å². The van der Waals surface area contributed by atoms with Crippen LogP contribution in [0, 0.1) is 5.92 Å². The molecule has 0 aliphatic heterocycles. The average molecular weight is 248 g/mol. The molecule has 6 nitrogen and oxygen atoms in total. The van der Waals surface area contributed by atoms with Gasteiger partial charge in [0, 0.05) is 6.61 Å². The van der Waals surface area contributed by atoms with Crippen LogP contribution < -0.4 is 0 Å². The summed E-state index contributed by atoms with van der Waals surface area (Å²) >= 11 is 0. The van der Waals surface area contributed by atoms with Gasteiger partial charge in [0.2, 0.25) is 5.92 Å². The zero-order valence-electron chi connectivity index (χ0n) is 10.5. The van der Waals surface area contributed by atoms with Crippen molar-refractivity contribution in [1.82, 2.24) is 0 Å². The second-order valence-corrected chi connectivity index (χ2v) is 3.24. The minimum Gasteiger partial charge on any atom is -0.465 e. The predicted octanol–water partition coefficient (Wildman–Crippen LogP) is 0.474. The summed E-state index contributed by atoms with van der Waals surface area (Å²) < 4.78 is 14.3. The van der Waals surface area contributed by atoms with Crippen molar-refractivity contribution in [3.05, 3.63) is 0 Å². The van der Waals surface area contributed by atoms with E-state index in [1.165, 1.54) is 0 Å². The summed E-state index contributed by atoms with van der Waals surface area (Å²) in [5.74, 6) is -3.11. The maximum Gasteiger partial charge on any atom is 0.325 e. The SMILES string of the molecule is CCCOC(=O)C(C(=O)OCC)C(O)OCC. The summed E-state index contributed by atoms with van der Waals surface area (Å²) in [5, 5.41) is 9.55. The third kappa shape index (κ3) is 5.65. The Morgan fingerprint density at radius 3 is 2.12 bits per heavy atom. The van der Waals surface area contributed by atoms with Gasteiger partial charge in [-0.15, -0.1) is 0 Å². The monoisotopic (exact) mass is 248 g/mol. The van der Waals surface area contributed by atoms with Crippen LogP contribution >= 0.6 is 0 Å². The van der Waals surface area contributed by atoms with Gasteiger partial charge >= 0.3 is 11.9 Å². The second-order valence-electron chi connectivity index (χ2n) is 3.24. The van der Waals surface area contributed by atoms with Crippen molar-refractivity contribution in [3.63, 3.8) is 0 Å². The van der Waals surface area contributed by atoms with Crippen molar-refractivity contribution >= 4 is 11.9 Å². The van der Waals surface area contributed by atoms with E-state index in [0.717, 1.165) is 0 Å². The summed E-state index contributed by atoms with van der Waals surface area (Å²) in [4.78, 5) is 23.1. The van der Waals surface area contributed by atoms with Crippen molar-refractivity contribution in [3.8, 4) is 0 Å². The van der Waals surface area contributed by atoms with E-state index in [9.17, 15) is 14.7 Å². The number of rotatable bonds is 8. The number of aliphatic hydroxyl groups is 1. The van der Waals surface area contributed by atoms with Gasteiger partial charge in [0.05, 0.1) is 13.2 Å². The molecular formula is C11H20O6. The van der Waals surface area contributed by atoms with Crippen LogP contribution in [-0.4, -0.2) is 43.2 Å². The van der Waals surface area contributed by atoms with Gasteiger partial charge in [0.1, 0.15) is 0 Å². The Labute approximate surface area is 101 Å². The Hall–Kier alpha value is -1.14. The predicted molar refractivity (Wildman–Crippen MR) is 59.0 cm³/mol. The Morgan fingerprint density at radius 2 is 1.65 bits per heavy atom. The summed E-state index contributed by atoms with van der Waals surface area (Å²) in [6.07, 6.45) is -0.908. The lowest BCUT2D eigenvalue weighted by Crippen LogP contribution is -2.39. The van der Waals surface area contributed by atoms with E-state index in [4.69, 9.17) is 14.2 Å². The Balaban J connectivity index is 4.59. The molecule has 0 saturated carbocycles. The Bertz CT molecular complexity index is 240. The summed E-state index contributed by atoms with van der Waals surface area (Å²) in [7, 11) is 0. The van der Waals surface area contributed by atoms with Gasteiger partial charge in [0.25, 0.3) is 0 Å². The van der Waals surface area contributed by atoms with E-state index < -0.39 is 24.1 Å². The van der Waals surface area contributed by atoms with Crippen LogP contribution in [0.2, 0.25) is 0 Å². The molecule has 0 aromatic heterocycles. The first-order chi connectivity index (χ1) is 8.08. The van der Waals surface area contributed by atoms with Crippen LogP contribution in [0.4, 0.5) is 0 Å². The van der Waals surface area contributed by atoms with Crippen molar-refractivity contribution in [1.29, 1.82) is 0 Å². The van der Waals surface area contributed by atoms with Gasteiger partial charge < -0.3 is 19.3 Å². The molecule has 0 rings (SSSR count). The molecule has 2 atom stereocenters. The van der Waals surface area contributed by atoms with Gasteiger partial charge in [-0.05, 0) is 20.3 Å². The van der Waals surface area contributed by atoms with Crippen LogP contribution in [-0.2, 0) is 23.8 Å². The highest BCUT2D eigenvalue weighted by Gasteiger charge is 2.37. The van der Waals surface area contributed by atoms with Gasteiger partial charge in [-0.2, -0.15) is 0 Å². The van der Waals surface area contributed by atoms with Crippen LogP contribution in [0.3, 0.4) is 0 Å². The third-order valence-electron chi connectivity index (χ3n) is 1.87. The van der Waals surface area contributed by atoms with Crippen LogP contribution in [0.1, 0.15) is 27.2 Å². The van der Waals surface area contributed by atoms with Gasteiger partial charge in [0.15, 0.2) is 6.29 Å². The molecule has 1 N–H and O–H groups in total. The number of ether oxygens (including phenoxy) is 3.